The van der Waals surface area contributed by atoms with Crippen LogP contribution in [0.2, 0.25) is 0 Å². The van der Waals surface area contributed by atoms with Gasteiger partial charge in [0.25, 0.3) is 0 Å². The fourth-order valence-corrected chi connectivity index (χ4v) is 0.352. The van der Waals surface area contributed by atoms with E-state index in [1.807, 2.05) is 0 Å². The zero-order valence-electron chi connectivity index (χ0n) is 6.32. The van der Waals surface area contributed by atoms with E-state index >= 15 is 0 Å². The largest absolute Gasteiger partial charge is 0.668 e. The molecule has 2 N–H and O–H groups in total. The normalized spacial score (nSPS) is 7.00. The second kappa shape index (κ2) is 8.60. The summed E-state index contributed by atoms with van der Waals surface area (Å²) in [5.41, 5.74) is 6.43. The first-order valence-corrected chi connectivity index (χ1v) is 2.62. The number of carbonyl (C=O) groups is 2. The van der Waals surface area contributed by atoms with Crippen molar-refractivity contribution in [1.82, 2.24) is 5.32 Å². The third kappa shape index (κ3) is 17.7. The van der Waals surface area contributed by atoms with E-state index < -0.39 is 5.91 Å². The standard InChI is InChI=1S/C5H10N2O2.Re.Rf/c1-4(8)7-3-2-5(6)9;;/h2-3H2,1H3,(H3,6,7,8,9);;/p-1. The van der Waals surface area contributed by atoms with Gasteiger partial charge in [-0.1, -0.05) is 0 Å². The Bertz CT molecular complexity index is 118. The fourth-order valence-electron chi connectivity index (χ4n) is 0.352. The van der Waals surface area contributed by atoms with Crippen molar-refractivity contribution in [2.24, 2.45) is 0 Å². The molecule has 0 aromatic heterocycles. The predicted octanol–water partition coefficient (Wildman–Crippen LogP) is 0.0889. The van der Waals surface area contributed by atoms with Crippen LogP contribution in [0.15, 0.2) is 0 Å². The Balaban J connectivity index is -0.000000320. The molecule has 0 fully saturated rings. The van der Waals surface area contributed by atoms with Crippen molar-refractivity contribution in [3.05, 3.63) is 5.73 Å². The van der Waals surface area contributed by atoms with Gasteiger partial charge in [-0.05, 0) is 0 Å². The first-order chi connectivity index (χ1) is 4.13. The Morgan fingerprint density at radius 3 is 2.18 bits per heavy atom. The van der Waals surface area contributed by atoms with E-state index in [-0.39, 0.29) is 39.3 Å². The van der Waals surface area contributed by atoms with Crippen molar-refractivity contribution in [3.63, 3.8) is 0 Å². The quantitative estimate of drug-likeness (QED) is 0.513. The van der Waals surface area contributed by atoms with Crippen molar-refractivity contribution in [3.8, 4) is 0 Å². The molecule has 6 heteroatoms. The van der Waals surface area contributed by atoms with Gasteiger partial charge < -0.3 is 15.8 Å². The van der Waals surface area contributed by atoms with Crippen LogP contribution < -0.4 is 5.32 Å². The zero-order valence-corrected chi connectivity index (χ0v) is 15.4. The molecule has 4 nitrogen and oxygen atoms in total. The van der Waals surface area contributed by atoms with Crippen molar-refractivity contribution < 1.29 is 30.0 Å². The average molecular weight is 582 g/mol. The second-order valence-corrected chi connectivity index (χ2v) is 1.66. The molecular formula is C5H9N2O2ReRf-. The molecule has 0 bridgehead atoms. The molecule has 0 rings (SSSR count). The number of nitrogens with one attached hydrogen (secondary N) is 2. The van der Waals surface area contributed by atoms with Crippen LogP contribution in [0, 0.1) is 0 Å². The summed E-state index contributed by atoms with van der Waals surface area (Å²) in [4.78, 5) is 20.1. The first kappa shape index (κ1) is 16.3. The molecule has 2 amide bonds. The van der Waals surface area contributed by atoms with Gasteiger partial charge in [0.2, 0.25) is 5.91 Å². The maximum atomic E-state index is 10.1. The molecular weight excluding hydrogens is 573 g/mol. The van der Waals surface area contributed by atoms with Crippen molar-refractivity contribution >= 4 is 11.8 Å². The van der Waals surface area contributed by atoms with E-state index in [1.54, 1.807) is 0 Å². The van der Waals surface area contributed by atoms with Crippen molar-refractivity contribution in [2.45, 2.75) is 13.3 Å². The summed E-state index contributed by atoms with van der Waals surface area (Å²) in [5, 5.41) is 2.40. The van der Waals surface area contributed by atoms with Gasteiger partial charge in [-0.25, -0.2) is 0 Å². The molecule has 11 heavy (non-hydrogen) atoms. The van der Waals surface area contributed by atoms with Crippen molar-refractivity contribution in [2.75, 3.05) is 6.54 Å². The molecule has 0 saturated carbocycles. The topological polar surface area (TPSA) is 70.0 Å². The van der Waals surface area contributed by atoms with E-state index in [9.17, 15) is 9.59 Å². The molecule has 0 saturated heterocycles. The summed E-state index contributed by atoms with van der Waals surface area (Å²) in [7, 11) is 0. The number of hydrogen-bond donors (Lipinski definition) is 1. The van der Waals surface area contributed by atoms with E-state index in [0.717, 1.165) is 0 Å². The summed E-state index contributed by atoms with van der Waals surface area (Å²) in [6.45, 7) is 1.64. The molecule has 0 spiro atoms. The maximum Gasteiger partial charge on any atom is 0.216 e. The maximum absolute atomic E-state index is 10.1. The SMILES string of the molecule is CC(=O)NCCC([NH-])=O.[Re].[Rf]. The van der Waals surface area contributed by atoms with Crippen LogP contribution in [0.3, 0.4) is 0 Å². The molecule has 0 aromatic rings. The van der Waals surface area contributed by atoms with Gasteiger partial charge in [-0.15, -0.1) is 0 Å². The summed E-state index contributed by atoms with van der Waals surface area (Å²) in [5.74, 6) is -0.819. The Hall–Kier alpha value is -1.40. The molecule has 0 aliphatic rings. The number of hydrogen-bond acceptors (Lipinski definition) is 2. The first-order valence-electron chi connectivity index (χ1n) is 2.62. The van der Waals surface area contributed by atoms with Gasteiger partial charge in [0, 0.05) is 40.3 Å². The molecule has 0 aromatic carbocycles. The molecule has 1 radical (unpaired) electrons. The van der Waals surface area contributed by atoms with Crippen LogP contribution in [0.5, 0.6) is 0 Å². The Kier molecular flexibility index (Phi) is 12.7. The summed E-state index contributed by atoms with van der Waals surface area (Å²) in [6.07, 6.45) is 0.0968. The zero-order chi connectivity index (χ0) is 7.28. The number of amides is 2. The third-order valence-electron chi connectivity index (χ3n) is 0.726. The van der Waals surface area contributed by atoms with Crippen molar-refractivity contribution in [1.29, 1.82) is 0 Å². The molecule has 0 aliphatic carbocycles. The van der Waals surface area contributed by atoms with Gasteiger partial charge in [-0.3, -0.25) is 4.79 Å². The van der Waals surface area contributed by atoms with Gasteiger partial charge in [0.15, 0.2) is 0 Å². The monoisotopic (exact) mass is 583 g/mol. The van der Waals surface area contributed by atoms with E-state index in [2.05, 4.69) is 5.32 Å². The molecule has 0 unspecified atom stereocenters. The van der Waals surface area contributed by atoms with Crippen LogP contribution in [0.25, 0.3) is 5.73 Å². The smallest absolute Gasteiger partial charge is 0.216 e. The summed E-state index contributed by atoms with van der Waals surface area (Å²) < 4.78 is 0. The predicted molar refractivity (Wildman–Crippen MR) is 32.6 cm³/mol. The number of rotatable bonds is 3. The Morgan fingerprint density at radius 2 is 1.91 bits per heavy atom. The van der Waals surface area contributed by atoms with Gasteiger partial charge in [-0.2, -0.15) is 0 Å². The van der Waals surface area contributed by atoms with Crippen LogP contribution >= 0.6 is 0 Å². The van der Waals surface area contributed by atoms with Gasteiger partial charge in [0.1, 0.15) is 0 Å². The van der Waals surface area contributed by atoms with E-state index in [4.69, 9.17) is 5.73 Å². The van der Waals surface area contributed by atoms with E-state index in [0.29, 0.717) is 0 Å². The molecule has 0 heterocycles. The van der Waals surface area contributed by atoms with Crippen LogP contribution in [0.1, 0.15) is 13.3 Å². The van der Waals surface area contributed by atoms with Gasteiger partial charge in [0.05, 0.1) is 5.91 Å². The third-order valence-corrected chi connectivity index (χ3v) is 0.726. The minimum Gasteiger partial charge on any atom is -0.668 e. The van der Waals surface area contributed by atoms with Crippen LogP contribution in [-0.2, 0) is 30.0 Å². The van der Waals surface area contributed by atoms with Crippen LogP contribution in [0.4, 0.5) is 0 Å². The second-order valence-electron chi connectivity index (χ2n) is 1.66. The minimum atomic E-state index is -0.649. The molecule has 0 aliphatic heterocycles. The Morgan fingerprint density at radius 1 is 1.45 bits per heavy atom. The minimum absolute atomic E-state index is 0. The fraction of sp³-hybridized carbons (Fsp3) is 0.600. The molecule has 0 atom stereocenters. The summed E-state index contributed by atoms with van der Waals surface area (Å²) in [6, 6.07) is 0. The molecule has 61 valence electrons. The van der Waals surface area contributed by atoms with Crippen LogP contribution in [-0.4, -0.2) is 18.4 Å². The summed E-state index contributed by atoms with van der Waals surface area (Å²) >= 11 is 0. The number of carbonyl (C=O) groups excluding carboxylic acids is 2. The Labute approximate surface area is 73.2 Å². The van der Waals surface area contributed by atoms with E-state index in [1.165, 1.54) is 6.92 Å². The average Bonchev–Trinajstić information content (AvgIpc) is 1.63. The van der Waals surface area contributed by atoms with Gasteiger partial charge >= 0.3 is 0 Å².